The second kappa shape index (κ2) is 13.0. The number of hydrogen-bond acceptors (Lipinski definition) is 3. The fraction of sp³-hybridized carbons (Fsp3) is 0.435. The largest absolute Gasteiger partial charge is 0.508 e. The van der Waals surface area contributed by atoms with Crippen molar-refractivity contribution in [2.45, 2.75) is 65.2 Å². The second-order valence-electron chi connectivity index (χ2n) is 6.57. The third kappa shape index (κ3) is 8.70. The minimum atomic E-state index is 0.121. The van der Waals surface area contributed by atoms with Gasteiger partial charge in [0.05, 0.1) is 0 Å². The standard InChI is InChI=1S/C15H24O2.C8H8O/c1-2-3-4-5-6-7-8-10-13-14(16)11-9-12-15(13)17;1-7(9)8-5-3-2-4-6-8/h9,11-12,16-17H,2-8,10H2,1H3;2-6H,1H3. The zero-order chi connectivity index (χ0) is 19.2. The first kappa shape index (κ1) is 21.8. The van der Waals surface area contributed by atoms with Gasteiger partial charge in [-0.05, 0) is 31.9 Å². The molecule has 0 unspecified atom stereocenters. The Morgan fingerprint density at radius 3 is 1.81 bits per heavy atom. The maximum Gasteiger partial charge on any atom is 0.159 e. The van der Waals surface area contributed by atoms with Crippen molar-refractivity contribution in [1.82, 2.24) is 0 Å². The van der Waals surface area contributed by atoms with Crippen LogP contribution >= 0.6 is 0 Å². The number of carbonyl (C=O) groups is 1. The van der Waals surface area contributed by atoms with Gasteiger partial charge < -0.3 is 10.2 Å². The minimum Gasteiger partial charge on any atom is -0.508 e. The number of benzene rings is 2. The lowest BCUT2D eigenvalue weighted by Crippen LogP contribution is -1.88. The lowest BCUT2D eigenvalue weighted by atomic mass is 10.0. The molecule has 0 spiro atoms. The summed E-state index contributed by atoms with van der Waals surface area (Å²) in [6.07, 6.45) is 9.50. The van der Waals surface area contributed by atoms with Crippen LogP contribution in [0.1, 0.15) is 74.7 Å². The van der Waals surface area contributed by atoms with Gasteiger partial charge in [-0.2, -0.15) is 0 Å². The van der Waals surface area contributed by atoms with E-state index in [1.807, 2.05) is 30.3 Å². The lowest BCUT2D eigenvalue weighted by molar-refractivity contribution is 0.101. The molecule has 26 heavy (non-hydrogen) atoms. The first-order valence-corrected chi connectivity index (χ1v) is 9.62. The van der Waals surface area contributed by atoms with E-state index in [0.717, 1.165) is 18.4 Å². The molecule has 0 aliphatic carbocycles. The molecule has 0 aliphatic rings. The number of hydrogen-bond donors (Lipinski definition) is 2. The van der Waals surface area contributed by atoms with Crippen LogP contribution in [-0.2, 0) is 6.42 Å². The highest BCUT2D eigenvalue weighted by molar-refractivity contribution is 5.93. The summed E-state index contributed by atoms with van der Waals surface area (Å²) in [4.78, 5) is 10.6. The van der Waals surface area contributed by atoms with Gasteiger partial charge in [0, 0.05) is 11.1 Å². The molecular weight excluding hydrogens is 324 g/mol. The Morgan fingerprint density at radius 2 is 1.31 bits per heavy atom. The fourth-order valence-corrected chi connectivity index (χ4v) is 2.75. The predicted molar refractivity (Wildman–Crippen MR) is 108 cm³/mol. The van der Waals surface area contributed by atoms with Gasteiger partial charge in [0.15, 0.2) is 5.78 Å². The Bertz CT molecular complexity index is 615. The summed E-state index contributed by atoms with van der Waals surface area (Å²) in [6, 6.07) is 14.2. The maximum absolute atomic E-state index is 10.6. The van der Waals surface area contributed by atoms with E-state index in [1.165, 1.54) is 38.5 Å². The van der Waals surface area contributed by atoms with Crippen LogP contribution in [-0.4, -0.2) is 16.0 Å². The zero-order valence-electron chi connectivity index (χ0n) is 16.1. The monoisotopic (exact) mass is 356 g/mol. The molecule has 142 valence electrons. The number of phenolic OH excluding ortho intramolecular Hbond substituents is 2. The van der Waals surface area contributed by atoms with Crippen LogP contribution in [0.2, 0.25) is 0 Å². The summed E-state index contributed by atoms with van der Waals surface area (Å²) in [7, 11) is 0. The van der Waals surface area contributed by atoms with Crippen LogP contribution < -0.4 is 0 Å². The van der Waals surface area contributed by atoms with E-state index in [9.17, 15) is 15.0 Å². The van der Waals surface area contributed by atoms with Crippen LogP contribution in [0, 0.1) is 0 Å². The number of Topliss-reactive ketones (excluding diaryl/α,β-unsaturated/α-hetero) is 1. The summed E-state index contributed by atoms with van der Waals surface area (Å²) < 4.78 is 0. The highest BCUT2D eigenvalue weighted by Gasteiger charge is 2.05. The van der Waals surface area contributed by atoms with Crippen molar-refractivity contribution in [3.05, 3.63) is 59.7 Å². The molecule has 0 amide bonds. The first-order valence-electron chi connectivity index (χ1n) is 9.62. The van der Waals surface area contributed by atoms with Gasteiger partial charge in [-0.25, -0.2) is 0 Å². The second-order valence-corrected chi connectivity index (χ2v) is 6.57. The molecule has 3 heteroatoms. The summed E-state index contributed by atoms with van der Waals surface area (Å²) in [5, 5.41) is 19.2. The van der Waals surface area contributed by atoms with Gasteiger partial charge in [-0.3, -0.25) is 4.79 Å². The van der Waals surface area contributed by atoms with E-state index in [0.29, 0.717) is 5.56 Å². The molecule has 0 saturated heterocycles. The average Bonchev–Trinajstić information content (AvgIpc) is 2.64. The highest BCUT2D eigenvalue weighted by atomic mass is 16.3. The Hall–Kier alpha value is -2.29. The van der Waals surface area contributed by atoms with E-state index in [-0.39, 0.29) is 17.3 Å². The molecule has 0 fully saturated rings. The lowest BCUT2D eigenvalue weighted by Gasteiger charge is -2.06. The number of carbonyl (C=O) groups excluding carboxylic acids is 1. The minimum absolute atomic E-state index is 0.121. The number of aromatic hydroxyl groups is 2. The quantitative estimate of drug-likeness (QED) is 0.410. The third-order valence-electron chi connectivity index (χ3n) is 4.34. The normalized spacial score (nSPS) is 10.1. The molecule has 2 N–H and O–H groups in total. The Morgan fingerprint density at radius 1 is 0.769 bits per heavy atom. The Kier molecular flexibility index (Phi) is 10.9. The molecule has 3 nitrogen and oxygen atoms in total. The summed E-state index contributed by atoms with van der Waals surface area (Å²) in [6.45, 7) is 3.79. The van der Waals surface area contributed by atoms with Gasteiger partial charge in [0.1, 0.15) is 11.5 Å². The summed E-state index contributed by atoms with van der Waals surface area (Å²) in [5.74, 6) is 0.558. The number of unbranched alkanes of at least 4 members (excludes halogenated alkanes) is 6. The molecule has 0 heterocycles. The summed E-state index contributed by atoms with van der Waals surface area (Å²) in [5.41, 5.74) is 1.47. The van der Waals surface area contributed by atoms with Gasteiger partial charge in [0.25, 0.3) is 0 Å². The van der Waals surface area contributed by atoms with Gasteiger partial charge >= 0.3 is 0 Å². The molecule has 0 bridgehead atoms. The maximum atomic E-state index is 10.6. The zero-order valence-corrected chi connectivity index (χ0v) is 16.1. The van der Waals surface area contributed by atoms with Crippen molar-refractivity contribution < 1.29 is 15.0 Å². The molecular formula is C23H32O3. The van der Waals surface area contributed by atoms with E-state index >= 15 is 0 Å². The summed E-state index contributed by atoms with van der Waals surface area (Å²) >= 11 is 0. The van der Waals surface area contributed by atoms with Crippen LogP contribution in [0.3, 0.4) is 0 Å². The van der Waals surface area contributed by atoms with Crippen molar-refractivity contribution in [2.75, 3.05) is 0 Å². The van der Waals surface area contributed by atoms with Crippen molar-refractivity contribution >= 4 is 5.78 Å². The molecule has 0 atom stereocenters. The SMILES string of the molecule is CC(=O)c1ccccc1.CCCCCCCCCc1c(O)cccc1O. The van der Waals surface area contributed by atoms with Crippen molar-refractivity contribution in [3.8, 4) is 11.5 Å². The third-order valence-corrected chi connectivity index (χ3v) is 4.34. The van der Waals surface area contributed by atoms with Crippen molar-refractivity contribution in [2.24, 2.45) is 0 Å². The predicted octanol–water partition coefficient (Wildman–Crippen LogP) is 6.28. The topological polar surface area (TPSA) is 57.5 Å². The van der Waals surface area contributed by atoms with E-state index in [4.69, 9.17) is 0 Å². The van der Waals surface area contributed by atoms with Crippen molar-refractivity contribution in [3.63, 3.8) is 0 Å². The molecule has 0 aliphatic heterocycles. The molecule has 0 saturated carbocycles. The van der Waals surface area contributed by atoms with Gasteiger partial charge in [-0.1, -0.05) is 81.8 Å². The molecule has 2 aromatic carbocycles. The number of phenols is 2. The first-order chi connectivity index (χ1) is 12.6. The van der Waals surface area contributed by atoms with Crippen molar-refractivity contribution in [1.29, 1.82) is 0 Å². The van der Waals surface area contributed by atoms with Crippen LogP contribution in [0.25, 0.3) is 0 Å². The van der Waals surface area contributed by atoms with Gasteiger partial charge in [-0.15, -0.1) is 0 Å². The molecule has 0 radical (unpaired) electrons. The Labute approximate surface area is 157 Å². The Balaban J connectivity index is 0.000000314. The number of rotatable bonds is 9. The van der Waals surface area contributed by atoms with Crippen LogP contribution in [0.4, 0.5) is 0 Å². The average molecular weight is 357 g/mol. The molecule has 2 rings (SSSR count). The molecule has 2 aromatic rings. The van der Waals surface area contributed by atoms with E-state index in [1.54, 1.807) is 25.1 Å². The van der Waals surface area contributed by atoms with Gasteiger partial charge in [0.2, 0.25) is 0 Å². The highest BCUT2D eigenvalue weighted by Crippen LogP contribution is 2.28. The fourth-order valence-electron chi connectivity index (χ4n) is 2.75. The van der Waals surface area contributed by atoms with E-state index < -0.39 is 0 Å². The van der Waals surface area contributed by atoms with E-state index in [2.05, 4.69) is 6.92 Å². The molecule has 0 aromatic heterocycles. The van der Waals surface area contributed by atoms with Crippen LogP contribution in [0.15, 0.2) is 48.5 Å². The number of ketones is 1. The van der Waals surface area contributed by atoms with Crippen LogP contribution in [0.5, 0.6) is 11.5 Å². The smallest absolute Gasteiger partial charge is 0.159 e.